The minimum atomic E-state index is -4.97. The summed E-state index contributed by atoms with van der Waals surface area (Å²) in [5.74, 6) is -1.01. The highest BCUT2D eigenvalue weighted by Gasteiger charge is 2.49. The molecule has 3 aromatic rings. The van der Waals surface area contributed by atoms with E-state index < -0.39 is 29.6 Å². The van der Waals surface area contributed by atoms with Crippen molar-refractivity contribution in [3.63, 3.8) is 0 Å². The van der Waals surface area contributed by atoms with Crippen LogP contribution < -0.4 is 19.7 Å². The quantitative estimate of drug-likeness (QED) is 0.405. The Morgan fingerprint density at radius 2 is 1.90 bits per heavy atom. The second kappa shape index (κ2) is 10.1. The maximum Gasteiger partial charge on any atom is 0.573 e. The number of halogens is 5. The lowest BCUT2D eigenvalue weighted by atomic mass is 9.95. The van der Waals surface area contributed by atoms with Crippen LogP contribution in [-0.2, 0) is 0 Å². The molecular weight excluding hydrogens is 559 g/mol. The van der Waals surface area contributed by atoms with E-state index in [1.54, 1.807) is 6.92 Å². The van der Waals surface area contributed by atoms with Crippen molar-refractivity contribution in [1.82, 2.24) is 25.2 Å². The second-order valence-corrected chi connectivity index (χ2v) is 12.0. The number of rotatable bonds is 6. The number of fused-ring (bicyclic) bond motifs is 4. The third-order valence-electron chi connectivity index (χ3n) is 9.01. The molecule has 1 N–H and O–H groups in total. The van der Waals surface area contributed by atoms with Crippen LogP contribution in [0.25, 0.3) is 22.2 Å². The van der Waals surface area contributed by atoms with Crippen LogP contribution in [0.5, 0.6) is 11.8 Å². The molecule has 224 valence electrons. The van der Waals surface area contributed by atoms with Crippen LogP contribution in [0.3, 0.4) is 0 Å². The minimum absolute atomic E-state index is 0.0565. The van der Waals surface area contributed by atoms with Crippen molar-refractivity contribution in [2.45, 2.75) is 69.2 Å². The zero-order valence-electron chi connectivity index (χ0n) is 23.1. The first kappa shape index (κ1) is 27.5. The lowest BCUT2D eigenvalue weighted by Gasteiger charge is -2.34. The molecule has 4 aliphatic heterocycles. The van der Waals surface area contributed by atoms with Crippen molar-refractivity contribution in [2.75, 3.05) is 37.7 Å². The van der Waals surface area contributed by atoms with Gasteiger partial charge in [-0.25, -0.2) is 8.78 Å². The molecule has 0 spiro atoms. The smallest absolute Gasteiger partial charge is 0.461 e. The maximum atomic E-state index is 16.4. The van der Waals surface area contributed by atoms with Crippen molar-refractivity contribution in [1.29, 1.82) is 0 Å². The van der Waals surface area contributed by atoms with E-state index in [0.29, 0.717) is 42.8 Å². The van der Waals surface area contributed by atoms with Gasteiger partial charge in [0.05, 0.1) is 10.9 Å². The maximum absolute atomic E-state index is 16.4. The average Bonchev–Trinajstić information content (AvgIpc) is 3.58. The highest BCUT2D eigenvalue weighted by atomic mass is 19.4. The molecule has 0 amide bonds. The summed E-state index contributed by atoms with van der Waals surface area (Å²) < 4.78 is 80.6. The molecule has 1 aromatic carbocycles. The van der Waals surface area contributed by atoms with Crippen LogP contribution in [0.1, 0.15) is 37.7 Å². The van der Waals surface area contributed by atoms with Gasteiger partial charge in [0.1, 0.15) is 35.6 Å². The Kier molecular flexibility index (Phi) is 6.65. The van der Waals surface area contributed by atoms with E-state index in [1.807, 2.05) is 0 Å². The summed E-state index contributed by atoms with van der Waals surface area (Å²) in [6, 6.07) is 4.45. The lowest BCUT2D eigenvalue weighted by Crippen LogP contribution is -2.51. The Hall–Kier alpha value is -3.32. The third-order valence-corrected chi connectivity index (χ3v) is 9.01. The predicted molar refractivity (Wildman–Crippen MR) is 145 cm³/mol. The average molecular weight is 591 g/mol. The molecule has 6 heterocycles. The fourth-order valence-electron chi connectivity index (χ4n) is 7.18. The zero-order valence-corrected chi connectivity index (χ0v) is 23.1. The summed E-state index contributed by atoms with van der Waals surface area (Å²) in [5, 5.41) is 3.90. The monoisotopic (exact) mass is 590 g/mol. The van der Waals surface area contributed by atoms with Crippen molar-refractivity contribution in [3.8, 4) is 23.0 Å². The van der Waals surface area contributed by atoms with Crippen LogP contribution in [0.2, 0.25) is 0 Å². The van der Waals surface area contributed by atoms with Crippen molar-refractivity contribution in [2.24, 2.45) is 0 Å². The third kappa shape index (κ3) is 5.00. The Bertz CT molecular complexity index is 1510. The Morgan fingerprint density at radius 3 is 2.67 bits per heavy atom. The van der Waals surface area contributed by atoms with Crippen LogP contribution in [0.4, 0.5) is 27.8 Å². The van der Waals surface area contributed by atoms with Gasteiger partial charge in [0.15, 0.2) is 5.82 Å². The number of ether oxygens (including phenoxy) is 2. The Labute approximate surface area is 239 Å². The number of nitrogens with one attached hydrogen (secondary N) is 1. The summed E-state index contributed by atoms with van der Waals surface area (Å²) in [4.78, 5) is 17.6. The standard InChI is InChI=1S/C29H31F5N6O2/c1-16-3-6-22(42-29(32,33)34)20(9-16)24-23(31)25-21(11-35-24)26(39-13-18-4-5-19(14-39)36-18)38-27(37-25)41-15-28-7-2-8-40(28)12-17(30)10-28/h3,6,9,11,17-19,36H,2,4-5,7-8,10,12-15H2,1H3/t17-,18?,19?,28+/m1/s1. The van der Waals surface area contributed by atoms with Gasteiger partial charge < -0.3 is 19.7 Å². The number of hydrogen-bond acceptors (Lipinski definition) is 8. The van der Waals surface area contributed by atoms with Gasteiger partial charge in [-0.15, -0.1) is 13.2 Å². The van der Waals surface area contributed by atoms with Gasteiger partial charge in [0.2, 0.25) is 0 Å². The minimum Gasteiger partial charge on any atom is -0.461 e. The number of aromatic nitrogens is 3. The van der Waals surface area contributed by atoms with E-state index >= 15 is 4.39 Å². The SMILES string of the molecule is Cc1ccc(OC(F)(F)F)c(-c2ncc3c(N4CC5CCC(C4)N5)nc(OC[C@@]45CCCN4C[C@H](F)C5)nc3c2F)c1. The molecule has 42 heavy (non-hydrogen) atoms. The zero-order chi connectivity index (χ0) is 29.2. The summed E-state index contributed by atoms with van der Waals surface area (Å²) in [7, 11) is 0. The van der Waals surface area contributed by atoms with Gasteiger partial charge in [-0.3, -0.25) is 9.88 Å². The van der Waals surface area contributed by atoms with Gasteiger partial charge >= 0.3 is 12.4 Å². The molecule has 0 saturated carbocycles. The van der Waals surface area contributed by atoms with Crippen molar-refractivity contribution < 1.29 is 31.4 Å². The number of pyridine rings is 1. The van der Waals surface area contributed by atoms with Crippen LogP contribution >= 0.6 is 0 Å². The second-order valence-electron chi connectivity index (χ2n) is 12.0. The normalized spacial score (nSPS) is 27.6. The molecule has 4 aliphatic rings. The number of hydrogen-bond donors (Lipinski definition) is 1. The highest BCUT2D eigenvalue weighted by Crippen LogP contribution is 2.42. The lowest BCUT2D eigenvalue weighted by molar-refractivity contribution is -0.274. The number of benzene rings is 1. The van der Waals surface area contributed by atoms with Gasteiger partial charge in [-0.1, -0.05) is 11.6 Å². The molecule has 7 rings (SSSR count). The summed E-state index contributed by atoms with van der Waals surface area (Å²) >= 11 is 0. The first-order valence-electron chi connectivity index (χ1n) is 14.3. The van der Waals surface area contributed by atoms with E-state index in [2.05, 4.69) is 29.8 Å². The van der Waals surface area contributed by atoms with E-state index in [-0.39, 0.29) is 41.5 Å². The summed E-state index contributed by atoms with van der Waals surface area (Å²) in [6.45, 7) is 4.29. The predicted octanol–water partition coefficient (Wildman–Crippen LogP) is 4.93. The fourth-order valence-corrected chi connectivity index (χ4v) is 7.18. The Morgan fingerprint density at radius 1 is 1.12 bits per heavy atom. The van der Waals surface area contributed by atoms with Crippen molar-refractivity contribution >= 4 is 16.7 Å². The summed E-state index contributed by atoms with van der Waals surface area (Å²) in [5.41, 5.74) is -0.430. The summed E-state index contributed by atoms with van der Waals surface area (Å²) in [6.07, 6.45) is -0.400. The largest absolute Gasteiger partial charge is 0.573 e. The Balaban J connectivity index is 1.32. The van der Waals surface area contributed by atoms with E-state index in [9.17, 15) is 17.6 Å². The molecule has 2 bridgehead atoms. The molecule has 4 fully saturated rings. The first-order valence-corrected chi connectivity index (χ1v) is 14.3. The number of piperazine rings is 1. The highest BCUT2D eigenvalue weighted by molar-refractivity contribution is 5.92. The number of aryl methyl sites for hydroxylation is 1. The molecule has 2 aromatic heterocycles. The first-order chi connectivity index (χ1) is 20.1. The number of anilines is 1. The van der Waals surface area contributed by atoms with Gasteiger partial charge in [0, 0.05) is 49.9 Å². The molecule has 2 unspecified atom stereocenters. The molecule has 0 aliphatic carbocycles. The fraction of sp³-hybridized carbons (Fsp3) is 0.552. The van der Waals surface area contributed by atoms with E-state index in [4.69, 9.17) is 9.72 Å². The molecule has 0 radical (unpaired) electrons. The molecule has 4 saturated heterocycles. The molecule has 13 heteroatoms. The number of nitrogens with zero attached hydrogens (tertiary/aromatic N) is 5. The molecular formula is C29H31F5N6O2. The molecule has 4 atom stereocenters. The van der Waals surface area contributed by atoms with E-state index in [0.717, 1.165) is 38.3 Å². The van der Waals surface area contributed by atoms with Crippen LogP contribution in [-0.4, -0.2) is 82.8 Å². The van der Waals surface area contributed by atoms with E-state index in [1.165, 1.54) is 18.3 Å². The van der Waals surface area contributed by atoms with Gasteiger partial charge in [0.25, 0.3) is 0 Å². The van der Waals surface area contributed by atoms with Crippen LogP contribution in [0.15, 0.2) is 24.4 Å². The molecule has 8 nitrogen and oxygen atoms in total. The number of alkyl halides is 4. The van der Waals surface area contributed by atoms with Gasteiger partial charge in [-0.05, 0) is 51.3 Å². The van der Waals surface area contributed by atoms with Gasteiger partial charge in [-0.2, -0.15) is 9.97 Å². The van der Waals surface area contributed by atoms with Crippen molar-refractivity contribution in [3.05, 3.63) is 35.8 Å². The van der Waals surface area contributed by atoms with Crippen LogP contribution in [0, 0.1) is 12.7 Å². The topological polar surface area (TPSA) is 75.6 Å².